The van der Waals surface area contributed by atoms with Crippen molar-refractivity contribution in [2.45, 2.75) is 17.8 Å². The molecule has 2 aromatic rings. The number of carbonyl (C=O) groups is 1. The molecule has 23 heavy (non-hydrogen) atoms. The number of likely N-dealkylation sites (tertiary alicyclic amines) is 1. The molecule has 0 N–H and O–H groups in total. The summed E-state index contributed by atoms with van der Waals surface area (Å²) in [6.07, 6.45) is 1.64. The molecule has 1 spiro atoms. The van der Waals surface area contributed by atoms with Crippen molar-refractivity contribution in [3.63, 3.8) is 0 Å². The molecule has 1 amide bonds. The van der Waals surface area contributed by atoms with Crippen LogP contribution in [-0.4, -0.2) is 41.2 Å². The molecule has 0 aliphatic carbocycles. The predicted molar refractivity (Wildman–Crippen MR) is 88.8 cm³/mol. The first kappa shape index (κ1) is 14.8. The summed E-state index contributed by atoms with van der Waals surface area (Å²) in [6.45, 7) is 2.04. The number of ether oxygens (including phenoxy) is 1. The molecule has 4 rings (SSSR count). The van der Waals surface area contributed by atoms with E-state index in [1.807, 2.05) is 11.8 Å². The molecule has 2 aliphatic rings. The summed E-state index contributed by atoms with van der Waals surface area (Å²) < 4.78 is 11.5. The van der Waals surface area contributed by atoms with Crippen molar-refractivity contribution in [2.75, 3.05) is 25.4 Å². The third-order valence-electron chi connectivity index (χ3n) is 4.47. The number of hydrogen-bond acceptors (Lipinski definition) is 5. The van der Waals surface area contributed by atoms with Crippen LogP contribution in [0.4, 0.5) is 0 Å². The molecule has 2 aliphatic heterocycles. The molecule has 1 aromatic heterocycles. The number of amides is 1. The Hall–Kier alpha value is -1.79. The lowest BCUT2D eigenvalue weighted by Gasteiger charge is -2.37. The Morgan fingerprint density at radius 2 is 2.00 bits per heavy atom. The molecule has 0 bridgehead atoms. The standard InChI is InChI=1S/C17H17NO4S/c19-13-11-15(22-14-4-2-1-3-12(13)14)16(20)18-7-5-17(6-8-18)21-9-10-23-17/h1-4,11H,5-10H2. The molecule has 6 heteroatoms. The maximum atomic E-state index is 12.6. The summed E-state index contributed by atoms with van der Waals surface area (Å²) in [5.74, 6) is 0.920. The first-order valence-corrected chi connectivity index (χ1v) is 8.76. The molecule has 1 aromatic carbocycles. The Balaban J connectivity index is 1.57. The van der Waals surface area contributed by atoms with Crippen LogP contribution in [-0.2, 0) is 4.74 Å². The first-order chi connectivity index (χ1) is 11.2. The van der Waals surface area contributed by atoms with Gasteiger partial charge in [0.15, 0.2) is 11.2 Å². The molecular weight excluding hydrogens is 314 g/mol. The van der Waals surface area contributed by atoms with Crippen LogP contribution in [0.15, 0.2) is 39.5 Å². The second-order valence-electron chi connectivity index (χ2n) is 5.87. The van der Waals surface area contributed by atoms with Crippen LogP contribution in [0.2, 0.25) is 0 Å². The highest BCUT2D eigenvalue weighted by molar-refractivity contribution is 8.00. The smallest absolute Gasteiger partial charge is 0.289 e. The van der Waals surface area contributed by atoms with Gasteiger partial charge in [-0.15, -0.1) is 11.8 Å². The minimum absolute atomic E-state index is 0.110. The Kier molecular flexibility index (Phi) is 3.66. The average Bonchev–Trinajstić information content (AvgIpc) is 3.03. The fourth-order valence-corrected chi connectivity index (χ4v) is 4.38. The van der Waals surface area contributed by atoms with Crippen molar-refractivity contribution < 1.29 is 13.9 Å². The zero-order valence-corrected chi connectivity index (χ0v) is 13.4. The number of para-hydroxylation sites is 1. The van der Waals surface area contributed by atoms with E-state index in [2.05, 4.69) is 0 Å². The largest absolute Gasteiger partial charge is 0.451 e. The summed E-state index contributed by atoms with van der Waals surface area (Å²) in [4.78, 5) is 26.4. The van der Waals surface area contributed by atoms with Crippen molar-refractivity contribution in [3.8, 4) is 0 Å². The van der Waals surface area contributed by atoms with Gasteiger partial charge < -0.3 is 14.1 Å². The molecule has 2 saturated heterocycles. The molecule has 0 saturated carbocycles. The summed E-state index contributed by atoms with van der Waals surface area (Å²) in [5, 5.41) is 0.498. The lowest BCUT2D eigenvalue weighted by molar-refractivity contribution is 0.00275. The van der Waals surface area contributed by atoms with Gasteiger partial charge in [0, 0.05) is 37.8 Å². The van der Waals surface area contributed by atoms with Gasteiger partial charge in [-0.05, 0) is 12.1 Å². The van der Waals surface area contributed by atoms with E-state index < -0.39 is 0 Å². The van der Waals surface area contributed by atoms with E-state index in [4.69, 9.17) is 9.15 Å². The van der Waals surface area contributed by atoms with Crippen LogP contribution in [0, 0.1) is 0 Å². The molecule has 2 fully saturated rings. The fourth-order valence-electron chi connectivity index (χ4n) is 3.20. The Morgan fingerprint density at radius 3 is 2.74 bits per heavy atom. The van der Waals surface area contributed by atoms with Crippen molar-refractivity contribution >= 4 is 28.6 Å². The number of benzene rings is 1. The quantitative estimate of drug-likeness (QED) is 0.803. The van der Waals surface area contributed by atoms with E-state index >= 15 is 0 Å². The first-order valence-electron chi connectivity index (χ1n) is 7.77. The van der Waals surface area contributed by atoms with Gasteiger partial charge in [-0.1, -0.05) is 12.1 Å². The van der Waals surface area contributed by atoms with Gasteiger partial charge in [0.1, 0.15) is 10.5 Å². The zero-order chi connectivity index (χ0) is 15.9. The topological polar surface area (TPSA) is 59.8 Å². The third-order valence-corrected chi connectivity index (χ3v) is 5.89. The van der Waals surface area contributed by atoms with Crippen LogP contribution in [0.25, 0.3) is 11.0 Å². The lowest BCUT2D eigenvalue weighted by atomic mass is 10.1. The summed E-state index contributed by atoms with van der Waals surface area (Å²) in [5.41, 5.74) is 0.268. The monoisotopic (exact) mass is 331 g/mol. The van der Waals surface area contributed by atoms with Crippen molar-refractivity contribution in [2.24, 2.45) is 0 Å². The van der Waals surface area contributed by atoms with Gasteiger partial charge in [0.2, 0.25) is 0 Å². The van der Waals surface area contributed by atoms with Gasteiger partial charge >= 0.3 is 0 Å². The van der Waals surface area contributed by atoms with Crippen LogP contribution >= 0.6 is 11.8 Å². The number of rotatable bonds is 1. The minimum Gasteiger partial charge on any atom is -0.451 e. The van der Waals surface area contributed by atoms with Crippen LogP contribution < -0.4 is 5.43 Å². The van der Waals surface area contributed by atoms with Crippen molar-refractivity contribution in [3.05, 3.63) is 46.3 Å². The van der Waals surface area contributed by atoms with Gasteiger partial charge in [-0.3, -0.25) is 9.59 Å². The second-order valence-corrected chi connectivity index (χ2v) is 7.31. The van der Waals surface area contributed by atoms with E-state index in [0.29, 0.717) is 24.1 Å². The number of thioether (sulfide) groups is 1. The van der Waals surface area contributed by atoms with Crippen molar-refractivity contribution in [1.29, 1.82) is 0 Å². The Bertz CT molecular complexity index is 800. The maximum Gasteiger partial charge on any atom is 0.289 e. The van der Waals surface area contributed by atoms with E-state index in [1.54, 1.807) is 29.2 Å². The van der Waals surface area contributed by atoms with Crippen LogP contribution in [0.3, 0.4) is 0 Å². The van der Waals surface area contributed by atoms with Crippen LogP contribution in [0.1, 0.15) is 23.4 Å². The van der Waals surface area contributed by atoms with Gasteiger partial charge in [0.05, 0.1) is 12.0 Å². The fraction of sp³-hybridized carbons (Fsp3) is 0.412. The van der Waals surface area contributed by atoms with E-state index in [-0.39, 0.29) is 22.0 Å². The van der Waals surface area contributed by atoms with Gasteiger partial charge in [-0.25, -0.2) is 0 Å². The maximum absolute atomic E-state index is 12.6. The highest BCUT2D eigenvalue weighted by Gasteiger charge is 2.40. The predicted octanol–water partition coefficient (Wildman–Crippen LogP) is 2.49. The normalized spacial score (nSPS) is 20.3. The molecule has 5 nitrogen and oxygen atoms in total. The Labute approximate surface area is 137 Å². The highest BCUT2D eigenvalue weighted by Crippen LogP contribution is 2.41. The molecule has 0 radical (unpaired) electrons. The zero-order valence-electron chi connectivity index (χ0n) is 12.6. The number of carbonyl (C=O) groups excluding carboxylic acids is 1. The third kappa shape index (κ3) is 2.66. The van der Waals surface area contributed by atoms with Crippen LogP contribution in [0.5, 0.6) is 0 Å². The second kappa shape index (κ2) is 5.69. The minimum atomic E-state index is -0.217. The van der Waals surface area contributed by atoms with E-state index in [0.717, 1.165) is 25.2 Å². The summed E-state index contributed by atoms with van der Waals surface area (Å²) >= 11 is 1.85. The number of hydrogen-bond donors (Lipinski definition) is 0. The summed E-state index contributed by atoms with van der Waals surface area (Å²) in [6, 6.07) is 8.29. The molecule has 3 heterocycles. The van der Waals surface area contributed by atoms with Crippen molar-refractivity contribution in [1.82, 2.24) is 4.90 Å². The summed E-state index contributed by atoms with van der Waals surface area (Å²) in [7, 11) is 0. The molecule has 0 unspecified atom stereocenters. The Morgan fingerprint density at radius 1 is 1.22 bits per heavy atom. The number of nitrogens with zero attached hydrogens (tertiary/aromatic N) is 1. The SMILES string of the molecule is O=C(c1cc(=O)c2ccccc2o1)N1CCC2(CC1)OCCS2. The highest BCUT2D eigenvalue weighted by atomic mass is 32.2. The lowest BCUT2D eigenvalue weighted by Crippen LogP contribution is -2.45. The van der Waals surface area contributed by atoms with Gasteiger partial charge in [-0.2, -0.15) is 0 Å². The number of fused-ring (bicyclic) bond motifs is 1. The average molecular weight is 331 g/mol. The molecular formula is C17H17NO4S. The van der Waals surface area contributed by atoms with E-state index in [1.165, 1.54) is 6.07 Å². The molecule has 0 atom stereocenters. The van der Waals surface area contributed by atoms with Gasteiger partial charge in [0.25, 0.3) is 5.91 Å². The molecule has 120 valence electrons. The number of piperidine rings is 1. The van der Waals surface area contributed by atoms with E-state index in [9.17, 15) is 9.59 Å².